The zero-order chi connectivity index (χ0) is 16.9. The minimum atomic E-state index is -0.0967. The van der Waals surface area contributed by atoms with Gasteiger partial charge in [-0.15, -0.1) is 0 Å². The summed E-state index contributed by atoms with van der Waals surface area (Å²) < 4.78 is 6.21. The first-order valence-electron chi connectivity index (χ1n) is 8.91. The second kappa shape index (κ2) is 7.67. The van der Waals surface area contributed by atoms with Crippen LogP contribution in [0.15, 0.2) is 24.3 Å². The van der Waals surface area contributed by atoms with Crippen molar-refractivity contribution in [2.45, 2.75) is 51.2 Å². The molecule has 24 heavy (non-hydrogen) atoms. The van der Waals surface area contributed by atoms with Crippen molar-refractivity contribution in [1.82, 2.24) is 4.90 Å². The Kier molecular flexibility index (Phi) is 5.37. The first-order valence-corrected chi connectivity index (χ1v) is 8.91. The molecule has 0 aromatic heterocycles. The van der Waals surface area contributed by atoms with Gasteiger partial charge >= 0.3 is 6.03 Å². The second-order valence-corrected chi connectivity index (χ2v) is 6.80. The highest BCUT2D eigenvalue weighted by molar-refractivity contribution is 5.89. The van der Waals surface area contributed by atoms with E-state index in [-0.39, 0.29) is 18.2 Å². The molecule has 0 unspecified atom stereocenters. The van der Waals surface area contributed by atoms with E-state index in [2.05, 4.69) is 18.3 Å². The number of carbonyl (C=O) groups excluding carboxylic acids is 1. The Morgan fingerprint density at radius 1 is 1.42 bits per heavy atom. The van der Waals surface area contributed by atoms with E-state index >= 15 is 0 Å². The van der Waals surface area contributed by atoms with E-state index in [1.165, 1.54) is 12.8 Å². The number of unbranched alkanes of at least 4 members (excludes halogenated alkanes) is 1. The highest BCUT2D eigenvalue weighted by Gasteiger charge is 2.39. The molecular weight excluding hydrogens is 302 g/mol. The van der Waals surface area contributed by atoms with Crippen LogP contribution in [0.25, 0.3) is 0 Å². The molecule has 1 heterocycles. The average molecular weight is 327 g/mol. The fourth-order valence-electron chi connectivity index (χ4n) is 3.22. The Morgan fingerprint density at radius 3 is 2.96 bits per heavy atom. The third kappa shape index (κ3) is 4.27. The van der Waals surface area contributed by atoms with Gasteiger partial charge in [0.05, 0.1) is 23.8 Å². The SMILES string of the molecule is CCCC[C@@H]1CN(C(=O)Nc2cccc(C#N)c2)C[C@H](C2CC2)O1. The molecule has 0 radical (unpaired) electrons. The number of urea groups is 1. The first kappa shape index (κ1) is 16.8. The van der Waals surface area contributed by atoms with E-state index in [1.54, 1.807) is 18.2 Å². The Bertz CT molecular complexity index is 621. The zero-order valence-electron chi connectivity index (χ0n) is 14.2. The van der Waals surface area contributed by atoms with Crippen molar-refractivity contribution in [2.24, 2.45) is 5.92 Å². The van der Waals surface area contributed by atoms with Gasteiger partial charge in [0.1, 0.15) is 0 Å². The lowest BCUT2D eigenvalue weighted by atomic mass is 10.1. The summed E-state index contributed by atoms with van der Waals surface area (Å²) in [5.41, 5.74) is 1.21. The van der Waals surface area contributed by atoms with E-state index in [4.69, 9.17) is 10.00 Å². The predicted molar refractivity (Wildman–Crippen MR) is 92.7 cm³/mol. The molecule has 5 nitrogen and oxygen atoms in total. The molecule has 2 aliphatic rings. The lowest BCUT2D eigenvalue weighted by Crippen LogP contribution is -2.52. The van der Waals surface area contributed by atoms with Crippen molar-refractivity contribution in [1.29, 1.82) is 5.26 Å². The number of nitrogens with one attached hydrogen (secondary N) is 1. The molecule has 128 valence electrons. The van der Waals surface area contributed by atoms with E-state index < -0.39 is 0 Å². The second-order valence-electron chi connectivity index (χ2n) is 6.80. The Hall–Kier alpha value is -2.06. The van der Waals surface area contributed by atoms with Crippen LogP contribution in [-0.4, -0.2) is 36.2 Å². The van der Waals surface area contributed by atoms with Gasteiger partial charge in [-0.1, -0.05) is 25.8 Å². The van der Waals surface area contributed by atoms with Crippen LogP contribution >= 0.6 is 0 Å². The summed E-state index contributed by atoms with van der Waals surface area (Å²) in [6.45, 7) is 3.48. The van der Waals surface area contributed by atoms with Crippen molar-refractivity contribution in [3.8, 4) is 6.07 Å². The molecule has 2 amide bonds. The maximum absolute atomic E-state index is 12.7. The highest BCUT2D eigenvalue weighted by Crippen LogP contribution is 2.37. The predicted octanol–water partition coefficient (Wildman–Crippen LogP) is 3.76. The van der Waals surface area contributed by atoms with Crippen molar-refractivity contribution < 1.29 is 9.53 Å². The van der Waals surface area contributed by atoms with E-state index in [1.807, 2.05) is 11.0 Å². The van der Waals surface area contributed by atoms with E-state index in [0.29, 0.717) is 30.3 Å². The number of rotatable bonds is 5. The molecule has 0 bridgehead atoms. The maximum atomic E-state index is 12.7. The van der Waals surface area contributed by atoms with Crippen LogP contribution in [0, 0.1) is 17.2 Å². The number of amides is 2. The average Bonchev–Trinajstić information content (AvgIpc) is 3.45. The number of nitrogens with zero attached hydrogens (tertiary/aromatic N) is 2. The standard InChI is InChI=1S/C19H25N3O2/c1-2-3-7-17-12-22(13-18(24-17)15-8-9-15)19(23)21-16-6-4-5-14(10-16)11-20/h4-6,10,15,17-18H,2-3,7-9,12-13H2,1H3,(H,21,23)/t17-,18-/m1/s1. The third-order valence-electron chi connectivity index (χ3n) is 4.75. The van der Waals surface area contributed by atoms with Crippen LogP contribution in [0.2, 0.25) is 0 Å². The summed E-state index contributed by atoms with van der Waals surface area (Å²) in [5, 5.41) is 11.9. The summed E-state index contributed by atoms with van der Waals surface area (Å²) >= 11 is 0. The van der Waals surface area contributed by atoms with Gasteiger partial charge in [0.2, 0.25) is 0 Å². The first-order chi connectivity index (χ1) is 11.7. The molecule has 1 N–H and O–H groups in total. The molecule has 0 spiro atoms. The zero-order valence-corrected chi connectivity index (χ0v) is 14.2. The number of ether oxygens (including phenoxy) is 1. The van der Waals surface area contributed by atoms with Crippen LogP contribution < -0.4 is 5.32 Å². The van der Waals surface area contributed by atoms with Gasteiger partial charge in [0.15, 0.2) is 0 Å². The van der Waals surface area contributed by atoms with Gasteiger partial charge in [-0.05, 0) is 43.4 Å². The van der Waals surface area contributed by atoms with Gasteiger partial charge in [-0.2, -0.15) is 5.26 Å². The molecule has 1 saturated carbocycles. The van der Waals surface area contributed by atoms with Crippen LogP contribution in [0.1, 0.15) is 44.6 Å². The molecule has 5 heteroatoms. The Balaban J connectivity index is 1.64. The molecule has 3 rings (SSSR count). The minimum Gasteiger partial charge on any atom is -0.371 e. The molecule has 2 atom stereocenters. The summed E-state index contributed by atoms with van der Waals surface area (Å²) in [6.07, 6.45) is 6.02. The number of anilines is 1. The number of nitriles is 1. The molecule has 1 aliphatic heterocycles. The lowest BCUT2D eigenvalue weighted by molar-refractivity contribution is -0.0836. The number of hydrogen-bond donors (Lipinski definition) is 1. The van der Waals surface area contributed by atoms with E-state index in [9.17, 15) is 4.79 Å². The van der Waals surface area contributed by atoms with Gasteiger partial charge in [0, 0.05) is 18.8 Å². The molecule has 2 fully saturated rings. The van der Waals surface area contributed by atoms with Crippen molar-refractivity contribution in [2.75, 3.05) is 18.4 Å². The minimum absolute atomic E-state index is 0.0967. The topological polar surface area (TPSA) is 65.4 Å². The molecule has 1 aromatic carbocycles. The summed E-state index contributed by atoms with van der Waals surface area (Å²) in [6, 6.07) is 9.02. The number of benzene rings is 1. The molecule has 1 saturated heterocycles. The third-order valence-corrected chi connectivity index (χ3v) is 4.75. The van der Waals surface area contributed by atoms with Gasteiger partial charge < -0.3 is 15.0 Å². The van der Waals surface area contributed by atoms with Crippen LogP contribution in [0.3, 0.4) is 0 Å². The summed E-state index contributed by atoms with van der Waals surface area (Å²) in [5.74, 6) is 0.617. The van der Waals surface area contributed by atoms with Crippen molar-refractivity contribution >= 4 is 11.7 Å². The van der Waals surface area contributed by atoms with Crippen LogP contribution in [0.4, 0.5) is 10.5 Å². The number of carbonyl (C=O) groups is 1. The normalized spacial score (nSPS) is 23.6. The van der Waals surface area contributed by atoms with Crippen molar-refractivity contribution in [3.05, 3.63) is 29.8 Å². The van der Waals surface area contributed by atoms with Gasteiger partial charge in [-0.3, -0.25) is 0 Å². The quantitative estimate of drug-likeness (QED) is 0.895. The lowest BCUT2D eigenvalue weighted by Gasteiger charge is -2.38. The van der Waals surface area contributed by atoms with Crippen LogP contribution in [0.5, 0.6) is 0 Å². The van der Waals surface area contributed by atoms with Gasteiger partial charge in [0.25, 0.3) is 0 Å². The maximum Gasteiger partial charge on any atom is 0.322 e. The van der Waals surface area contributed by atoms with Gasteiger partial charge in [-0.25, -0.2) is 4.79 Å². The van der Waals surface area contributed by atoms with E-state index in [0.717, 1.165) is 19.3 Å². The number of morpholine rings is 1. The molecular formula is C19H25N3O2. The Labute approximate surface area is 143 Å². The summed E-state index contributed by atoms with van der Waals surface area (Å²) in [4.78, 5) is 14.5. The fraction of sp³-hybridized carbons (Fsp3) is 0.579. The molecule has 1 aromatic rings. The number of hydrogen-bond acceptors (Lipinski definition) is 3. The Morgan fingerprint density at radius 2 is 2.25 bits per heavy atom. The molecule has 1 aliphatic carbocycles. The fourth-order valence-corrected chi connectivity index (χ4v) is 3.22. The van der Waals surface area contributed by atoms with Crippen molar-refractivity contribution in [3.63, 3.8) is 0 Å². The van der Waals surface area contributed by atoms with Crippen LogP contribution in [-0.2, 0) is 4.74 Å². The summed E-state index contributed by atoms with van der Waals surface area (Å²) in [7, 11) is 0. The smallest absolute Gasteiger partial charge is 0.322 e. The highest BCUT2D eigenvalue weighted by atomic mass is 16.5. The monoisotopic (exact) mass is 327 g/mol. The largest absolute Gasteiger partial charge is 0.371 e.